The first-order chi connectivity index (χ1) is 15.5. The predicted molar refractivity (Wildman–Crippen MR) is 127 cm³/mol. The Morgan fingerprint density at radius 2 is 1.97 bits per heavy atom. The maximum atomic E-state index is 13.5. The van der Waals surface area contributed by atoms with Gasteiger partial charge in [-0.15, -0.1) is 0 Å². The van der Waals surface area contributed by atoms with Gasteiger partial charge in [0.05, 0.1) is 4.91 Å². The standard InChI is InChI=1S/C25H28N2O4S/c1-17-8-5-6-13-21(17)27-24(30)22(32-25(27)26-19-10-3-2-4-11-19)15-18-9-7-12-20(14-18)31-16-23(28)29/h2-4,7,9-12,14-15,17,21,25-26H,5-6,8,13,16H2,1H3,(H,28,29)/b22-15-/t17-,21-,25?/m0/s1. The number of para-hydroxylation sites is 1. The maximum absolute atomic E-state index is 13.5. The van der Waals surface area contributed by atoms with Crippen molar-refractivity contribution in [2.24, 2.45) is 5.92 Å². The highest BCUT2D eigenvalue weighted by molar-refractivity contribution is 8.05. The molecule has 2 aliphatic rings. The van der Waals surface area contributed by atoms with Crippen molar-refractivity contribution in [2.75, 3.05) is 11.9 Å². The number of amides is 1. The number of nitrogens with zero attached hydrogens (tertiary/aromatic N) is 1. The van der Waals surface area contributed by atoms with Crippen LogP contribution in [0.25, 0.3) is 6.08 Å². The first kappa shape index (κ1) is 22.3. The van der Waals surface area contributed by atoms with Crippen molar-refractivity contribution in [1.29, 1.82) is 0 Å². The third-order valence-corrected chi connectivity index (χ3v) is 7.06. The fraction of sp³-hybridized carbons (Fsp3) is 0.360. The number of anilines is 1. The topological polar surface area (TPSA) is 78.9 Å². The van der Waals surface area contributed by atoms with Crippen LogP contribution in [0.3, 0.4) is 0 Å². The number of carboxylic acid groups (broad SMARTS) is 1. The van der Waals surface area contributed by atoms with Gasteiger partial charge >= 0.3 is 5.97 Å². The van der Waals surface area contributed by atoms with Crippen LogP contribution in [0.1, 0.15) is 38.2 Å². The zero-order chi connectivity index (χ0) is 22.5. The lowest BCUT2D eigenvalue weighted by molar-refractivity contribution is -0.139. The largest absolute Gasteiger partial charge is 0.482 e. The Morgan fingerprint density at radius 3 is 2.72 bits per heavy atom. The van der Waals surface area contributed by atoms with Gasteiger partial charge in [-0.2, -0.15) is 0 Å². The van der Waals surface area contributed by atoms with Crippen molar-refractivity contribution in [3.05, 3.63) is 65.1 Å². The Labute approximate surface area is 192 Å². The summed E-state index contributed by atoms with van der Waals surface area (Å²) >= 11 is 1.53. The SMILES string of the molecule is C[C@H]1CCCC[C@@H]1N1C(=O)/C(=C/c2cccc(OCC(=O)O)c2)SC1Nc1ccccc1. The Kier molecular flexibility index (Phi) is 7.05. The summed E-state index contributed by atoms with van der Waals surface area (Å²) in [5, 5.41) is 12.4. The molecular formula is C25H28N2O4S. The molecule has 7 heteroatoms. The Morgan fingerprint density at radius 1 is 1.19 bits per heavy atom. The minimum absolute atomic E-state index is 0.0408. The number of ether oxygens (including phenoxy) is 1. The van der Waals surface area contributed by atoms with E-state index in [2.05, 4.69) is 12.2 Å². The number of carbonyl (C=O) groups is 2. The minimum atomic E-state index is -1.03. The quantitative estimate of drug-likeness (QED) is 0.573. The maximum Gasteiger partial charge on any atom is 0.341 e. The van der Waals surface area contributed by atoms with Crippen LogP contribution in [0, 0.1) is 5.92 Å². The molecule has 1 saturated carbocycles. The van der Waals surface area contributed by atoms with Crippen molar-refractivity contribution in [1.82, 2.24) is 4.90 Å². The fourth-order valence-electron chi connectivity index (χ4n) is 4.36. The van der Waals surface area contributed by atoms with Crippen LogP contribution in [-0.4, -0.2) is 40.0 Å². The van der Waals surface area contributed by atoms with Crippen LogP contribution in [0.15, 0.2) is 59.5 Å². The van der Waals surface area contributed by atoms with E-state index in [1.807, 2.05) is 47.4 Å². The van der Waals surface area contributed by atoms with E-state index < -0.39 is 12.6 Å². The first-order valence-electron chi connectivity index (χ1n) is 11.0. The monoisotopic (exact) mass is 452 g/mol. The Balaban J connectivity index is 1.59. The summed E-state index contributed by atoms with van der Waals surface area (Å²) in [4.78, 5) is 27.0. The van der Waals surface area contributed by atoms with Gasteiger partial charge in [0.25, 0.3) is 5.91 Å². The lowest BCUT2D eigenvalue weighted by Crippen LogP contribution is -2.48. The molecule has 0 bridgehead atoms. The van der Waals surface area contributed by atoms with Crippen molar-refractivity contribution in [3.8, 4) is 5.75 Å². The Hall–Kier alpha value is -2.93. The fourth-order valence-corrected chi connectivity index (χ4v) is 5.57. The van der Waals surface area contributed by atoms with Gasteiger partial charge in [0.2, 0.25) is 0 Å². The molecule has 168 valence electrons. The van der Waals surface area contributed by atoms with Gasteiger partial charge in [-0.05, 0) is 54.7 Å². The van der Waals surface area contributed by atoms with Gasteiger partial charge in [-0.3, -0.25) is 4.79 Å². The number of benzene rings is 2. The highest BCUT2D eigenvalue weighted by Crippen LogP contribution is 2.42. The first-order valence-corrected chi connectivity index (χ1v) is 11.9. The lowest BCUT2D eigenvalue weighted by Gasteiger charge is -2.39. The molecule has 1 saturated heterocycles. The number of thioether (sulfide) groups is 1. The lowest BCUT2D eigenvalue weighted by atomic mass is 9.85. The number of nitrogens with one attached hydrogen (secondary N) is 1. The summed E-state index contributed by atoms with van der Waals surface area (Å²) in [6, 6.07) is 17.3. The molecule has 1 aliphatic heterocycles. The van der Waals surface area contributed by atoms with Crippen LogP contribution >= 0.6 is 11.8 Å². The van der Waals surface area contributed by atoms with Gasteiger partial charge in [0, 0.05) is 11.7 Å². The molecular weight excluding hydrogens is 424 g/mol. The number of carboxylic acids is 1. The number of hydrogen-bond donors (Lipinski definition) is 2. The average molecular weight is 453 g/mol. The normalized spacial score (nSPS) is 24.5. The molecule has 2 aromatic rings. The molecule has 0 radical (unpaired) electrons. The van der Waals surface area contributed by atoms with Crippen molar-refractivity contribution < 1.29 is 19.4 Å². The predicted octanol–water partition coefficient (Wildman–Crippen LogP) is 5.04. The summed E-state index contributed by atoms with van der Waals surface area (Å²) in [6.45, 7) is 1.84. The highest BCUT2D eigenvalue weighted by atomic mass is 32.2. The molecule has 6 nitrogen and oxygen atoms in total. The van der Waals surface area contributed by atoms with E-state index >= 15 is 0 Å². The molecule has 0 spiro atoms. The molecule has 32 heavy (non-hydrogen) atoms. The number of rotatable bonds is 7. The molecule has 1 aliphatic carbocycles. The summed E-state index contributed by atoms with van der Waals surface area (Å²) in [5.74, 6) is -0.0595. The summed E-state index contributed by atoms with van der Waals surface area (Å²) < 4.78 is 5.29. The van der Waals surface area contributed by atoms with Crippen molar-refractivity contribution in [3.63, 3.8) is 0 Å². The van der Waals surface area contributed by atoms with E-state index in [4.69, 9.17) is 9.84 Å². The number of hydrogen-bond acceptors (Lipinski definition) is 5. The van der Waals surface area contributed by atoms with E-state index in [1.165, 1.54) is 18.2 Å². The molecule has 2 aromatic carbocycles. The zero-order valence-electron chi connectivity index (χ0n) is 18.1. The molecule has 4 rings (SSSR count). The molecule has 2 fully saturated rings. The van der Waals surface area contributed by atoms with Crippen molar-refractivity contribution >= 4 is 35.4 Å². The van der Waals surface area contributed by atoms with E-state index in [9.17, 15) is 9.59 Å². The zero-order valence-corrected chi connectivity index (χ0v) is 18.9. The molecule has 2 N–H and O–H groups in total. The molecule has 3 atom stereocenters. The van der Waals surface area contributed by atoms with Crippen LogP contribution in [0.2, 0.25) is 0 Å². The molecule has 0 aromatic heterocycles. The molecule has 1 heterocycles. The third-order valence-electron chi connectivity index (χ3n) is 5.94. The average Bonchev–Trinajstić information content (AvgIpc) is 3.08. The number of aliphatic carboxylic acids is 1. The second kappa shape index (κ2) is 10.1. The second-order valence-corrected chi connectivity index (χ2v) is 9.41. The van der Waals surface area contributed by atoms with Gasteiger partial charge < -0.3 is 20.1 Å². The van der Waals surface area contributed by atoms with Gasteiger partial charge in [-0.25, -0.2) is 4.79 Å². The van der Waals surface area contributed by atoms with Gasteiger partial charge in [0.15, 0.2) is 12.1 Å². The smallest absolute Gasteiger partial charge is 0.341 e. The minimum Gasteiger partial charge on any atom is -0.482 e. The van der Waals surface area contributed by atoms with Gasteiger partial charge in [0.1, 0.15) is 5.75 Å². The van der Waals surface area contributed by atoms with Crippen molar-refractivity contribution in [2.45, 2.75) is 44.1 Å². The highest BCUT2D eigenvalue weighted by Gasteiger charge is 2.42. The Bertz CT molecular complexity index is 994. The summed E-state index contributed by atoms with van der Waals surface area (Å²) in [6.07, 6.45) is 6.39. The summed E-state index contributed by atoms with van der Waals surface area (Å²) in [7, 11) is 0. The summed E-state index contributed by atoms with van der Waals surface area (Å²) in [5.41, 5.74) is 1.62. The van der Waals surface area contributed by atoms with E-state index in [0.29, 0.717) is 16.6 Å². The number of carbonyl (C=O) groups excluding carboxylic acids is 1. The van der Waals surface area contributed by atoms with Crippen LogP contribution in [0.5, 0.6) is 5.75 Å². The third kappa shape index (κ3) is 5.27. The van der Waals surface area contributed by atoms with Crippen LogP contribution in [-0.2, 0) is 9.59 Å². The van der Waals surface area contributed by atoms with E-state index in [1.54, 1.807) is 18.2 Å². The van der Waals surface area contributed by atoms with Crippen LogP contribution < -0.4 is 10.1 Å². The van der Waals surface area contributed by atoms with E-state index in [-0.39, 0.29) is 17.4 Å². The molecule has 1 amide bonds. The van der Waals surface area contributed by atoms with Gasteiger partial charge in [-0.1, -0.05) is 61.9 Å². The molecule has 1 unspecified atom stereocenters. The second-order valence-electron chi connectivity index (χ2n) is 8.29. The van der Waals surface area contributed by atoms with Crippen LogP contribution in [0.4, 0.5) is 5.69 Å². The van der Waals surface area contributed by atoms with E-state index in [0.717, 1.165) is 30.5 Å².